The van der Waals surface area contributed by atoms with Crippen molar-refractivity contribution in [3.63, 3.8) is 0 Å². The van der Waals surface area contributed by atoms with Gasteiger partial charge in [-0.05, 0) is 30.0 Å². The summed E-state index contributed by atoms with van der Waals surface area (Å²) in [6.07, 6.45) is 3.90. The number of nitrogens with zero attached hydrogens (tertiary/aromatic N) is 1. The maximum absolute atomic E-state index is 5.88. The lowest BCUT2D eigenvalue weighted by molar-refractivity contribution is 1.18. The first-order chi connectivity index (χ1) is 10.8. The predicted octanol–water partition coefficient (Wildman–Crippen LogP) is 5.80. The van der Waals surface area contributed by atoms with E-state index in [1.54, 1.807) is 11.8 Å². The van der Waals surface area contributed by atoms with E-state index in [-0.39, 0.29) is 0 Å². The Morgan fingerprint density at radius 2 is 1.91 bits per heavy atom. The zero-order valence-electron chi connectivity index (χ0n) is 12.0. The molecule has 0 bridgehead atoms. The van der Waals surface area contributed by atoms with Crippen LogP contribution in [-0.4, -0.2) is 11.2 Å². The minimum atomic E-state index is 0.581. The van der Waals surface area contributed by atoms with Gasteiger partial charge in [-0.1, -0.05) is 41.9 Å². The topological polar surface area (TPSA) is 24.9 Å². The van der Waals surface area contributed by atoms with Gasteiger partial charge in [0.2, 0.25) is 0 Å². The smallest absolute Gasteiger partial charge is 0.183 e. The fourth-order valence-corrected chi connectivity index (χ4v) is 3.53. The monoisotopic (exact) mass is 346 g/mol. The number of hydrogen-bond acceptors (Lipinski definition) is 4. The standard InChI is InChI=1S/C17H15ClN2S2/c1-21-13-8-6-12(7-9-13)15-4-2-3-5-16(15)19-10-14-11-20-17(18)22-14/h2-9,11,19H,10H2,1H3. The Morgan fingerprint density at radius 1 is 1.14 bits per heavy atom. The fraction of sp³-hybridized carbons (Fsp3) is 0.118. The SMILES string of the molecule is CSc1ccc(-c2ccccc2NCc2cnc(Cl)s2)cc1. The normalized spacial score (nSPS) is 10.6. The van der Waals surface area contributed by atoms with Gasteiger partial charge in [0, 0.05) is 27.2 Å². The van der Waals surface area contributed by atoms with Crippen LogP contribution in [0.2, 0.25) is 4.47 Å². The minimum absolute atomic E-state index is 0.581. The summed E-state index contributed by atoms with van der Waals surface area (Å²) in [4.78, 5) is 6.46. The number of thioether (sulfide) groups is 1. The van der Waals surface area contributed by atoms with Gasteiger partial charge in [-0.3, -0.25) is 0 Å². The zero-order valence-corrected chi connectivity index (χ0v) is 14.4. The minimum Gasteiger partial charge on any atom is -0.380 e. The van der Waals surface area contributed by atoms with Crippen molar-refractivity contribution in [1.82, 2.24) is 4.98 Å². The molecule has 0 fully saturated rings. The average molecular weight is 347 g/mol. The van der Waals surface area contributed by atoms with E-state index in [1.807, 2.05) is 12.3 Å². The quantitative estimate of drug-likeness (QED) is 0.591. The van der Waals surface area contributed by atoms with Crippen molar-refractivity contribution in [2.75, 3.05) is 11.6 Å². The molecule has 0 atom stereocenters. The number of anilines is 1. The van der Waals surface area contributed by atoms with Gasteiger partial charge >= 0.3 is 0 Å². The highest BCUT2D eigenvalue weighted by atomic mass is 35.5. The summed E-state index contributed by atoms with van der Waals surface area (Å²) in [6.45, 7) is 0.726. The molecule has 0 amide bonds. The van der Waals surface area contributed by atoms with Crippen LogP contribution in [0.15, 0.2) is 59.6 Å². The van der Waals surface area contributed by atoms with E-state index >= 15 is 0 Å². The van der Waals surface area contributed by atoms with E-state index in [1.165, 1.54) is 27.4 Å². The third kappa shape index (κ3) is 3.64. The van der Waals surface area contributed by atoms with Crippen LogP contribution in [0.25, 0.3) is 11.1 Å². The van der Waals surface area contributed by atoms with E-state index < -0.39 is 0 Å². The van der Waals surface area contributed by atoms with Gasteiger partial charge < -0.3 is 5.32 Å². The molecule has 1 aromatic heterocycles. The molecule has 22 heavy (non-hydrogen) atoms. The van der Waals surface area contributed by atoms with Crippen LogP contribution in [0, 0.1) is 0 Å². The summed E-state index contributed by atoms with van der Waals surface area (Å²) in [6, 6.07) is 17.0. The molecule has 3 aromatic rings. The van der Waals surface area contributed by atoms with Crippen molar-refractivity contribution in [1.29, 1.82) is 0 Å². The van der Waals surface area contributed by atoms with Crippen LogP contribution in [0.5, 0.6) is 0 Å². The fourth-order valence-electron chi connectivity index (χ4n) is 2.21. The zero-order chi connectivity index (χ0) is 15.4. The lowest BCUT2D eigenvalue weighted by Gasteiger charge is -2.12. The molecule has 112 valence electrons. The van der Waals surface area contributed by atoms with Gasteiger partial charge in [-0.15, -0.1) is 23.1 Å². The first kappa shape index (κ1) is 15.4. The molecule has 1 heterocycles. The van der Waals surface area contributed by atoms with E-state index in [0.29, 0.717) is 4.47 Å². The summed E-state index contributed by atoms with van der Waals surface area (Å²) in [7, 11) is 0. The second-order valence-electron chi connectivity index (χ2n) is 4.71. The number of nitrogens with one attached hydrogen (secondary N) is 1. The molecule has 2 aromatic carbocycles. The van der Waals surface area contributed by atoms with E-state index in [2.05, 4.69) is 59.0 Å². The van der Waals surface area contributed by atoms with Gasteiger partial charge in [-0.2, -0.15) is 0 Å². The number of para-hydroxylation sites is 1. The molecule has 2 nitrogen and oxygen atoms in total. The number of rotatable bonds is 5. The Labute approximate surface area is 143 Å². The molecule has 0 saturated heterocycles. The van der Waals surface area contributed by atoms with Crippen LogP contribution >= 0.6 is 34.7 Å². The Balaban J connectivity index is 1.82. The molecule has 0 saturated carbocycles. The van der Waals surface area contributed by atoms with Gasteiger partial charge in [0.25, 0.3) is 0 Å². The van der Waals surface area contributed by atoms with Crippen molar-refractivity contribution in [3.8, 4) is 11.1 Å². The highest BCUT2D eigenvalue weighted by Crippen LogP contribution is 2.30. The summed E-state index contributed by atoms with van der Waals surface area (Å²) in [5.41, 5.74) is 3.53. The van der Waals surface area contributed by atoms with Crippen molar-refractivity contribution in [3.05, 3.63) is 64.1 Å². The lowest BCUT2D eigenvalue weighted by atomic mass is 10.0. The molecule has 0 radical (unpaired) electrons. The Kier molecular flexibility index (Phi) is 5.03. The molecule has 0 unspecified atom stereocenters. The molecule has 0 aliphatic carbocycles. The number of benzene rings is 2. The molecule has 0 spiro atoms. The highest BCUT2D eigenvalue weighted by Gasteiger charge is 2.06. The van der Waals surface area contributed by atoms with E-state index in [0.717, 1.165) is 17.1 Å². The third-order valence-corrected chi connectivity index (χ3v) is 5.16. The van der Waals surface area contributed by atoms with Crippen LogP contribution < -0.4 is 5.32 Å². The molecular weight excluding hydrogens is 332 g/mol. The van der Waals surface area contributed by atoms with Crippen LogP contribution in [0.4, 0.5) is 5.69 Å². The van der Waals surface area contributed by atoms with Crippen LogP contribution in [-0.2, 0) is 6.54 Å². The first-order valence-electron chi connectivity index (χ1n) is 6.84. The second-order valence-corrected chi connectivity index (χ2v) is 7.28. The summed E-state index contributed by atoms with van der Waals surface area (Å²) < 4.78 is 0.581. The van der Waals surface area contributed by atoms with Gasteiger partial charge in [0.05, 0.1) is 6.54 Å². The molecule has 0 aliphatic rings. The summed E-state index contributed by atoms with van der Waals surface area (Å²) in [5, 5.41) is 3.48. The third-order valence-electron chi connectivity index (χ3n) is 3.31. The van der Waals surface area contributed by atoms with Crippen LogP contribution in [0.1, 0.15) is 4.88 Å². The average Bonchev–Trinajstić information content (AvgIpc) is 2.99. The summed E-state index contributed by atoms with van der Waals surface area (Å²) in [5.74, 6) is 0. The maximum Gasteiger partial charge on any atom is 0.183 e. The van der Waals surface area contributed by atoms with Crippen molar-refractivity contribution < 1.29 is 0 Å². The molecular formula is C17H15ClN2S2. The Morgan fingerprint density at radius 3 is 2.59 bits per heavy atom. The largest absolute Gasteiger partial charge is 0.380 e. The predicted molar refractivity (Wildman–Crippen MR) is 98.1 cm³/mol. The number of hydrogen-bond donors (Lipinski definition) is 1. The van der Waals surface area contributed by atoms with Crippen molar-refractivity contribution >= 4 is 40.4 Å². The molecule has 5 heteroatoms. The van der Waals surface area contributed by atoms with E-state index in [9.17, 15) is 0 Å². The van der Waals surface area contributed by atoms with Crippen LogP contribution in [0.3, 0.4) is 0 Å². The number of halogens is 1. The van der Waals surface area contributed by atoms with Gasteiger partial charge in [0.1, 0.15) is 0 Å². The lowest BCUT2D eigenvalue weighted by Crippen LogP contribution is -1.99. The number of aromatic nitrogens is 1. The Bertz CT molecular complexity index is 753. The highest BCUT2D eigenvalue weighted by molar-refractivity contribution is 7.98. The second kappa shape index (κ2) is 7.18. The van der Waals surface area contributed by atoms with E-state index in [4.69, 9.17) is 11.6 Å². The van der Waals surface area contributed by atoms with Crippen molar-refractivity contribution in [2.24, 2.45) is 0 Å². The molecule has 0 aliphatic heterocycles. The Hall–Kier alpha value is -1.49. The first-order valence-corrected chi connectivity index (χ1v) is 9.26. The maximum atomic E-state index is 5.88. The summed E-state index contributed by atoms with van der Waals surface area (Å²) >= 11 is 9.13. The molecule has 3 rings (SSSR count). The van der Waals surface area contributed by atoms with Crippen molar-refractivity contribution in [2.45, 2.75) is 11.4 Å². The molecule has 1 N–H and O–H groups in total. The number of thiazole rings is 1. The van der Waals surface area contributed by atoms with Gasteiger partial charge in [-0.25, -0.2) is 4.98 Å². The van der Waals surface area contributed by atoms with Gasteiger partial charge in [0.15, 0.2) is 4.47 Å².